The molecule has 1 aliphatic rings. The van der Waals surface area contributed by atoms with E-state index < -0.39 is 6.43 Å². The van der Waals surface area contributed by atoms with E-state index in [-0.39, 0.29) is 25.2 Å². The van der Waals surface area contributed by atoms with Crippen LogP contribution in [0.1, 0.15) is 12.8 Å². The van der Waals surface area contributed by atoms with Crippen molar-refractivity contribution < 1.29 is 13.9 Å². The highest BCUT2D eigenvalue weighted by atomic mass is 19.3. The lowest BCUT2D eigenvalue weighted by molar-refractivity contribution is 0.0507. The summed E-state index contributed by atoms with van der Waals surface area (Å²) in [6.45, 7) is -0.480. The van der Waals surface area contributed by atoms with Gasteiger partial charge in [0.2, 0.25) is 0 Å². The molecule has 0 aromatic carbocycles. The van der Waals surface area contributed by atoms with E-state index in [4.69, 9.17) is 10.8 Å². The molecule has 0 heterocycles. The topological polar surface area (TPSA) is 49.5 Å². The summed E-state index contributed by atoms with van der Waals surface area (Å²) in [5.41, 5.74) is 5.86. The maximum Gasteiger partial charge on any atom is 0.251 e. The van der Waals surface area contributed by atoms with Crippen molar-refractivity contribution in [1.82, 2.24) is 4.90 Å². The van der Waals surface area contributed by atoms with Gasteiger partial charge in [-0.1, -0.05) is 0 Å². The molecule has 0 aliphatic heterocycles. The average molecular weight is 208 g/mol. The molecule has 1 aliphatic carbocycles. The minimum Gasteiger partial charge on any atom is -0.395 e. The van der Waals surface area contributed by atoms with Crippen molar-refractivity contribution in [3.05, 3.63) is 0 Å². The number of alkyl halides is 2. The van der Waals surface area contributed by atoms with Gasteiger partial charge in [0.05, 0.1) is 13.2 Å². The molecule has 5 heteroatoms. The van der Waals surface area contributed by atoms with Crippen molar-refractivity contribution >= 4 is 0 Å². The molecule has 0 amide bonds. The van der Waals surface area contributed by atoms with Crippen LogP contribution in [0.4, 0.5) is 8.78 Å². The molecule has 2 atom stereocenters. The van der Waals surface area contributed by atoms with E-state index in [2.05, 4.69) is 0 Å². The third-order valence-corrected chi connectivity index (χ3v) is 2.79. The Labute approximate surface area is 82.9 Å². The van der Waals surface area contributed by atoms with Crippen molar-refractivity contribution in [1.29, 1.82) is 0 Å². The summed E-state index contributed by atoms with van der Waals surface area (Å²) >= 11 is 0. The summed E-state index contributed by atoms with van der Waals surface area (Å²) in [5, 5.41) is 9.09. The number of hydrogen-bond donors (Lipinski definition) is 2. The number of nitrogens with zero attached hydrogens (tertiary/aromatic N) is 1. The van der Waals surface area contributed by atoms with E-state index in [0.29, 0.717) is 5.92 Å². The predicted octanol–water partition coefficient (Wildman–Crippen LogP) is 0.281. The zero-order valence-corrected chi connectivity index (χ0v) is 8.37. The van der Waals surface area contributed by atoms with Crippen molar-refractivity contribution in [3.63, 3.8) is 0 Å². The van der Waals surface area contributed by atoms with Crippen LogP contribution >= 0.6 is 0 Å². The second-order valence-electron chi connectivity index (χ2n) is 4.00. The zero-order valence-electron chi connectivity index (χ0n) is 8.37. The first-order valence-corrected chi connectivity index (χ1v) is 4.91. The SMILES string of the molecule is CN(CC(F)F)C(CO)C(N)C1CC1. The molecule has 14 heavy (non-hydrogen) atoms. The first kappa shape index (κ1) is 11.8. The van der Waals surface area contributed by atoms with E-state index in [1.165, 1.54) is 4.90 Å². The number of halogens is 2. The van der Waals surface area contributed by atoms with Crippen LogP contribution in [0.3, 0.4) is 0 Å². The minimum absolute atomic E-state index is 0.152. The average Bonchev–Trinajstić information content (AvgIpc) is 2.85. The van der Waals surface area contributed by atoms with Crippen LogP contribution in [0.2, 0.25) is 0 Å². The Morgan fingerprint density at radius 2 is 2.07 bits per heavy atom. The van der Waals surface area contributed by atoms with Gasteiger partial charge < -0.3 is 10.8 Å². The minimum atomic E-state index is -2.37. The van der Waals surface area contributed by atoms with Crippen molar-refractivity contribution in [2.75, 3.05) is 20.2 Å². The Bertz CT molecular complexity index is 176. The van der Waals surface area contributed by atoms with Gasteiger partial charge in [-0.15, -0.1) is 0 Å². The number of nitrogens with two attached hydrogens (primary N) is 1. The fraction of sp³-hybridized carbons (Fsp3) is 1.00. The van der Waals surface area contributed by atoms with Gasteiger partial charge in [-0.25, -0.2) is 8.78 Å². The second-order valence-corrected chi connectivity index (χ2v) is 4.00. The molecule has 0 aromatic heterocycles. The summed E-state index contributed by atoms with van der Waals surface area (Å²) < 4.78 is 24.2. The molecule has 0 aromatic rings. The van der Waals surface area contributed by atoms with Crippen LogP contribution < -0.4 is 5.73 Å². The number of aliphatic hydroxyl groups is 1. The Morgan fingerprint density at radius 3 is 2.43 bits per heavy atom. The number of rotatable bonds is 6. The lowest BCUT2D eigenvalue weighted by atomic mass is 10.0. The normalized spacial score (nSPS) is 21.6. The summed E-state index contributed by atoms with van der Waals surface area (Å²) in [6, 6.07) is -0.514. The van der Waals surface area contributed by atoms with Crippen molar-refractivity contribution in [3.8, 4) is 0 Å². The first-order valence-electron chi connectivity index (χ1n) is 4.91. The fourth-order valence-electron chi connectivity index (χ4n) is 1.70. The van der Waals surface area contributed by atoms with Crippen LogP contribution in [0.15, 0.2) is 0 Å². The van der Waals surface area contributed by atoms with Gasteiger partial charge in [0.25, 0.3) is 6.43 Å². The highest BCUT2D eigenvalue weighted by Crippen LogP contribution is 2.33. The van der Waals surface area contributed by atoms with Crippen molar-refractivity contribution in [2.45, 2.75) is 31.4 Å². The highest BCUT2D eigenvalue weighted by Gasteiger charge is 2.35. The molecule has 3 N–H and O–H groups in total. The van der Waals surface area contributed by atoms with E-state index >= 15 is 0 Å². The first-order chi connectivity index (χ1) is 6.56. The van der Waals surface area contributed by atoms with Gasteiger partial charge >= 0.3 is 0 Å². The number of aliphatic hydroxyl groups excluding tert-OH is 1. The summed E-state index contributed by atoms with van der Waals surface area (Å²) in [5.74, 6) is 0.410. The second kappa shape index (κ2) is 5.00. The molecule has 0 bridgehead atoms. The van der Waals surface area contributed by atoms with E-state index in [1.807, 2.05) is 0 Å². The van der Waals surface area contributed by atoms with Gasteiger partial charge in [-0.05, 0) is 25.8 Å². The number of likely N-dealkylation sites (N-methyl/N-ethyl adjacent to an activating group) is 1. The monoisotopic (exact) mass is 208 g/mol. The largest absolute Gasteiger partial charge is 0.395 e. The third kappa shape index (κ3) is 3.15. The Morgan fingerprint density at radius 1 is 1.50 bits per heavy atom. The molecule has 84 valence electrons. The fourth-order valence-corrected chi connectivity index (χ4v) is 1.70. The molecule has 2 unspecified atom stereocenters. The van der Waals surface area contributed by atoms with Crippen LogP contribution in [-0.4, -0.2) is 48.7 Å². The predicted molar refractivity (Wildman–Crippen MR) is 50.2 cm³/mol. The lowest BCUT2D eigenvalue weighted by Crippen LogP contribution is -2.50. The van der Waals surface area contributed by atoms with Gasteiger partial charge in [0, 0.05) is 12.1 Å². The van der Waals surface area contributed by atoms with E-state index in [1.54, 1.807) is 7.05 Å². The third-order valence-electron chi connectivity index (χ3n) is 2.79. The molecule has 3 nitrogen and oxygen atoms in total. The maximum atomic E-state index is 12.1. The summed E-state index contributed by atoms with van der Waals surface area (Å²) in [6.07, 6.45) is -0.263. The molecule has 0 radical (unpaired) electrons. The molecule has 1 fully saturated rings. The molecule has 1 rings (SSSR count). The lowest BCUT2D eigenvalue weighted by Gasteiger charge is -2.31. The van der Waals surface area contributed by atoms with E-state index in [0.717, 1.165) is 12.8 Å². The maximum absolute atomic E-state index is 12.1. The van der Waals surface area contributed by atoms with E-state index in [9.17, 15) is 8.78 Å². The molecule has 0 spiro atoms. The van der Waals surface area contributed by atoms with Crippen LogP contribution in [0.25, 0.3) is 0 Å². The molecule has 1 saturated carbocycles. The number of hydrogen-bond acceptors (Lipinski definition) is 3. The van der Waals surface area contributed by atoms with Crippen LogP contribution in [0, 0.1) is 5.92 Å². The smallest absolute Gasteiger partial charge is 0.251 e. The van der Waals surface area contributed by atoms with Crippen LogP contribution in [0.5, 0.6) is 0 Å². The molecule has 0 saturated heterocycles. The molecular formula is C9H18F2N2O. The Balaban J connectivity index is 2.42. The Kier molecular flexibility index (Phi) is 4.22. The van der Waals surface area contributed by atoms with Gasteiger partial charge in [-0.3, -0.25) is 4.90 Å². The Hall–Kier alpha value is -0.260. The standard InChI is InChI=1S/C9H18F2N2O/c1-13(4-8(10)11)7(5-14)9(12)6-2-3-6/h6-9,14H,2-5,12H2,1H3. The summed E-state index contributed by atoms with van der Waals surface area (Å²) in [4.78, 5) is 1.45. The zero-order chi connectivity index (χ0) is 10.7. The molecular weight excluding hydrogens is 190 g/mol. The van der Waals surface area contributed by atoms with Gasteiger partial charge in [0.1, 0.15) is 0 Å². The van der Waals surface area contributed by atoms with Crippen molar-refractivity contribution in [2.24, 2.45) is 11.7 Å². The summed E-state index contributed by atoms with van der Waals surface area (Å²) in [7, 11) is 1.58. The highest BCUT2D eigenvalue weighted by molar-refractivity contribution is 4.92. The van der Waals surface area contributed by atoms with Gasteiger partial charge in [0.15, 0.2) is 0 Å². The van der Waals surface area contributed by atoms with Crippen LogP contribution in [-0.2, 0) is 0 Å². The van der Waals surface area contributed by atoms with Gasteiger partial charge in [-0.2, -0.15) is 0 Å². The quantitative estimate of drug-likeness (QED) is 0.659.